The predicted molar refractivity (Wildman–Crippen MR) is 45.3 cm³/mol. The fraction of sp³-hybridized carbons (Fsp3) is 0.250. The van der Waals surface area contributed by atoms with E-state index in [0.717, 1.165) is 12.1 Å². The van der Waals surface area contributed by atoms with E-state index in [1.165, 1.54) is 16.3 Å². The molecule has 1 aromatic rings. The zero-order valence-electron chi connectivity index (χ0n) is 7.11. The first-order valence-corrected chi connectivity index (χ1v) is 10.4. The van der Waals surface area contributed by atoms with Crippen LogP contribution in [-0.2, 0) is 16.3 Å². The molecule has 0 spiro atoms. The van der Waals surface area contributed by atoms with Gasteiger partial charge < -0.3 is 4.74 Å². The van der Waals surface area contributed by atoms with E-state index in [-0.39, 0.29) is 5.75 Å². The number of halogens is 3. The molecule has 0 heterocycles. The van der Waals surface area contributed by atoms with Crippen molar-refractivity contribution in [3.63, 3.8) is 0 Å². The van der Waals surface area contributed by atoms with Crippen molar-refractivity contribution in [2.45, 2.75) is 6.92 Å². The predicted octanol–water partition coefficient (Wildman–Crippen LogP) is 3.01. The zero-order chi connectivity index (χ0) is 10.3. The summed E-state index contributed by atoms with van der Waals surface area (Å²) < 4.78 is 29.7. The third-order valence-corrected chi connectivity index (χ3v) is 1.11. The van der Waals surface area contributed by atoms with E-state index in [2.05, 4.69) is 19.7 Å². The van der Waals surface area contributed by atoms with Gasteiger partial charge in [0.25, 0.3) is 0 Å². The summed E-state index contributed by atoms with van der Waals surface area (Å²) in [5.74, 6) is -1.40. The third-order valence-electron chi connectivity index (χ3n) is 1.11. The van der Waals surface area contributed by atoms with E-state index >= 15 is 0 Å². The molecule has 0 saturated heterocycles. The Balaban J connectivity index is 0.000000671. The molecule has 0 saturated carbocycles. The second-order valence-electron chi connectivity index (χ2n) is 1.93. The Morgan fingerprint density at radius 3 is 2.62 bits per heavy atom. The Labute approximate surface area is 92.5 Å². The molecule has 0 N–H and O–H groups in total. The normalized spacial score (nSPS) is 8.77. The maximum atomic E-state index is 12.6. The minimum atomic E-state index is -0.716. The van der Waals surface area contributed by atoms with Crippen LogP contribution in [0.1, 0.15) is 6.92 Å². The van der Waals surface area contributed by atoms with Gasteiger partial charge >= 0.3 is 30.0 Å². The quantitative estimate of drug-likeness (QED) is 0.603. The minimum absolute atomic E-state index is 0.0334. The molecule has 0 unspecified atom stereocenters. The second kappa shape index (κ2) is 7.39. The van der Waals surface area contributed by atoms with Crippen LogP contribution in [0.4, 0.5) is 8.78 Å². The maximum absolute atomic E-state index is 12.6. The molecule has 1 aromatic carbocycles. The van der Waals surface area contributed by atoms with Crippen LogP contribution in [0.15, 0.2) is 12.1 Å². The topological polar surface area (TPSA) is 9.23 Å². The van der Waals surface area contributed by atoms with E-state index in [1.54, 1.807) is 6.92 Å². The number of hydrogen-bond donors (Lipinski definition) is 0. The van der Waals surface area contributed by atoms with Crippen LogP contribution >= 0.6 is 13.6 Å². The van der Waals surface area contributed by atoms with Gasteiger partial charge in [0.1, 0.15) is 0 Å². The van der Waals surface area contributed by atoms with Gasteiger partial charge in [-0.25, -0.2) is 0 Å². The standard InChI is InChI=1S/C8H7F2O.BrH.Zn/c1-2-11-8-4-3-6(9)5-7(8)10;;/h3,5H,2H2,1H3;1H;/q-1;;+2/p-1. The molecule has 0 aromatic heterocycles. The van der Waals surface area contributed by atoms with Crippen molar-refractivity contribution in [1.29, 1.82) is 0 Å². The van der Waals surface area contributed by atoms with Crippen LogP contribution in [0.2, 0.25) is 0 Å². The van der Waals surface area contributed by atoms with Gasteiger partial charge in [0.05, 0.1) is 12.4 Å². The summed E-state index contributed by atoms with van der Waals surface area (Å²) in [5.41, 5.74) is 0. The Hall–Kier alpha value is -0.0166. The molecule has 0 radical (unpaired) electrons. The van der Waals surface area contributed by atoms with Gasteiger partial charge in [-0.05, 0) is 6.92 Å². The van der Waals surface area contributed by atoms with Crippen molar-refractivity contribution in [3.05, 3.63) is 29.8 Å². The van der Waals surface area contributed by atoms with Crippen LogP contribution in [0.3, 0.4) is 0 Å². The van der Waals surface area contributed by atoms with E-state index in [9.17, 15) is 8.78 Å². The van der Waals surface area contributed by atoms with Crippen LogP contribution in [-0.4, -0.2) is 6.61 Å². The average Bonchev–Trinajstić information content (AvgIpc) is 2.14. The van der Waals surface area contributed by atoms with Crippen molar-refractivity contribution in [2.75, 3.05) is 6.61 Å². The summed E-state index contributed by atoms with van der Waals surface area (Å²) in [4.78, 5) is 0. The fourth-order valence-corrected chi connectivity index (χ4v) is 0.687. The molecular weight excluding hydrogens is 295 g/mol. The van der Waals surface area contributed by atoms with Gasteiger partial charge in [-0.3, -0.25) is 8.78 Å². The van der Waals surface area contributed by atoms with Crippen molar-refractivity contribution < 1.29 is 29.9 Å². The van der Waals surface area contributed by atoms with Gasteiger partial charge in [-0.2, -0.15) is 0 Å². The van der Waals surface area contributed by atoms with Crippen molar-refractivity contribution in [2.24, 2.45) is 0 Å². The Morgan fingerprint density at radius 1 is 1.54 bits per heavy atom. The van der Waals surface area contributed by atoms with E-state index < -0.39 is 11.6 Å². The van der Waals surface area contributed by atoms with E-state index in [4.69, 9.17) is 4.74 Å². The number of hydrogen-bond acceptors (Lipinski definition) is 1. The molecule has 0 fully saturated rings. The summed E-state index contributed by atoms with van der Waals surface area (Å²) in [7, 11) is 0. The first-order chi connectivity index (χ1) is 6.24. The Morgan fingerprint density at radius 2 is 2.15 bits per heavy atom. The van der Waals surface area contributed by atoms with Crippen LogP contribution < -0.4 is 4.74 Å². The summed E-state index contributed by atoms with van der Waals surface area (Å²) >= 11 is 4.25. The molecule has 68 valence electrons. The molecule has 0 aliphatic heterocycles. The summed E-state index contributed by atoms with van der Waals surface area (Å²) in [6.45, 7) is 2.07. The van der Waals surface area contributed by atoms with E-state index in [1.807, 2.05) is 0 Å². The molecule has 1 rings (SSSR count). The molecule has 13 heavy (non-hydrogen) atoms. The van der Waals surface area contributed by atoms with E-state index in [0.29, 0.717) is 6.61 Å². The van der Waals surface area contributed by atoms with Crippen molar-refractivity contribution in [3.8, 4) is 5.75 Å². The number of ether oxygens (including phenoxy) is 1. The molecule has 0 aliphatic rings. The van der Waals surface area contributed by atoms with Crippen LogP contribution in [0, 0.1) is 17.7 Å². The molecule has 0 amide bonds. The van der Waals surface area contributed by atoms with Crippen molar-refractivity contribution >= 4 is 13.6 Å². The summed E-state index contributed by atoms with van der Waals surface area (Å²) in [6.07, 6.45) is 0. The van der Waals surface area contributed by atoms with Gasteiger partial charge in [0.2, 0.25) is 0 Å². The van der Waals surface area contributed by atoms with Crippen LogP contribution in [0.25, 0.3) is 0 Å². The van der Waals surface area contributed by atoms with Gasteiger partial charge in [0.15, 0.2) is 0 Å². The molecule has 5 heteroatoms. The molecule has 0 aliphatic carbocycles. The monoisotopic (exact) mass is 300 g/mol. The SMILES string of the molecule is CCOc1[c-]cc(F)cc1F.[Zn+][Br]. The molecule has 1 nitrogen and oxygen atoms in total. The zero-order valence-corrected chi connectivity index (χ0v) is 11.7. The third kappa shape index (κ3) is 4.68. The van der Waals surface area contributed by atoms with Crippen molar-refractivity contribution in [1.82, 2.24) is 0 Å². The van der Waals surface area contributed by atoms with Gasteiger partial charge in [-0.1, -0.05) is 6.07 Å². The van der Waals surface area contributed by atoms with Gasteiger partial charge in [-0.15, -0.1) is 12.1 Å². The molecule has 0 atom stereocenters. The second-order valence-corrected chi connectivity index (χ2v) is 1.93. The molecular formula is C8H7BrF2OZn. The summed E-state index contributed by atoms with van der Waals surface area (Å²) in [6, 6.07) is 4.13. The van der Waals surface area contributed by atoms with Crippen LogP contribution in [0.5, 0.6) is 5.75 Å². The summed E-state index contributed by atoms with van der Waals surface area (Å²) in [5, 5.41) is 0. The Bertz CT molecular complexity index is 258. The van der Waals surface area contributed by atoms with Gasteiger partial charge in [0, 0.05) is 11.6 Å². The molecule has 0 bridgehead atoms. The average molecular weight is 302 g/mol. The Kier molecular flexibility index (Phi) is 7.38. The number of rotatable bonds is 2. The fourth-order valence-electron chi connectivity index (χ4n) is 0.687. The first kappa shape index (κ1) is 13.0. The first-order valence-electron chi connectivity index (χ1n) is 3.50. The number of benzene rings is 1.